The number of hydrogen-bond donors (Lipinski definition) is 1. The van der Waals surface area contributed by atoms with E-state index in [1.165, 1.54) is 6.07 Å². The Morgan fingerprint density at radius 1 is 1.00 bits per heavy atom. The third kappa shape index (κ3) is 5.99. The summed E-state index contributed by atoms with van der Waals surface area (Å²) in [5.74, 6) is 0.0748. The summed E-state index contributed by atoms with van der Waals surface area (Å²) in [7, 11) is 10.0. The zero-order valence-electron chi connectivity index (χ0n) is 12.0. The fourth-order valence-corrected chi connectivity index (χ4v) is 3.19. The van der Waals surface area contributed by atoms with E-state index in [4.69, 9.17) is 17.0 Å². The summed E-state index contributed by atoms with van der Waals surface area (Å²) >= 11 is -0.826. The van der Waals surface area contributed by atoms with Crippen LogP contribution >= 0.6 is 25.6 Å². The van der Waals surface area contributed by atoms with E-state index >= 15 is 0 Å². The van der Waals surface area contributed by atoms with Crippen LogP contribution < -0.4 is 10.6 Å². The second-order valence-electron chi connectivity index (χ2n) is 4.66. The zero-order valence-corrected chi connectivity index (χ0v) is 16.9. The molecule has 1 atom stereocenters. The Hall–Kier alpha value is 0.0631. The number of phenols is 1. The first-order chi connectivity index (χ1) is 9.88. The number of phenolic OH excluding ortho intramolecular Hbond substituents is 1. The average Bonchev–Trinajstić information content (AvgIpc) is 2.39. The van der Waals surface area contributed by atoms with Crippen molar-refractivity contribution in [2.24, 2.45) is 0 Å². The van der Waals surface area contributed by atoms with Crippen molar-refractivity contribution >= 4 is 36.2 Å². The van der Waals surface area contributed by atoms with E-state index in [0.717, 1.165) is 22.0 Å². The van der Waals surface area contributed by atoms with Gasteiger partial charge in [0.25, 0.3) is 0 Å². The molecule has 2 aromatic carbocycles. The molecule has 0 spiro atoms. The van der Waals surface area contributed by atoms with E-state index in [-0.39, 0.29) is 20.1 Å². The second kappa shape index (κ2) is 9.26. The monoisotopic (exact) mass is 422 g/mol. The van der Waals surface area contributed by atoms with Crippen LogP contribution in [0, 0.1) is 26.6 Å². The van der Waals surface area contributed by atoms with Crippen molar-refractivity contribution in [1.82, 2.24) is 0 Å². The van der Waals surface area contributed by atoms with Gasteiger partial charge in [-0.3, -0.25) is 0 Å². The molecule has 0 fully saturated rings. The molecule has 6 heteroatoms. The molecule has 21 heavy (non-hydrogen) atoms. The topological polar surface area (TPSA) is 20.2 Å². The molecule has 0 bridgehead atoms. The summed E-state index contributed by atoms with van der Waals surface area (Å²) in [6.07, 6.45) is 0. The van der Waals surface area contributed by atoms with Crippen LogP contribution in [-0.2, 0) is 20.8 Å². The van der Waals surface area contributed by atoms with Gasteiger partial charge in [0.1, 0.15) is 11.6 Å². The van der Waals surface area contributed by atoms with Crippen LogP contribution in [0.4, 0.5) is 4.39 Å². The van der Waals surface area contributed by atoms with E-state index in [9.17, 15) is 9.50 Å². The van der Waals surface area contributed by atoms with Gasteiger partial charge in [-0.05, 0) is 49.6 Å². The summed E-state index contributed by atoms with van der Waals surface area (Å²) in [6.45, 7) is 5.71. The van der Waals surface area contributed by atoms with Crippen molar-refractivity contribution in [3.8, 4) is 5.75 Å². The Morgan fingerprint density at radius 2 is 1.62 bits per heavy atom. The van der Waals surface area contributed by atoms with Gasteiger partial charge in [-0.25, -0.2) is 4.39 Å². The molecule has 2 rings (SSSR count). The molecule has 0 aliphatic rings. The summed E-state index contributed by atoms with van der Waals surface area (Å²) in [4.78, 5) is 0. The molecular formula is C15H16Cl2FOPZr. The first-order valence-electron chi connectivity index (χ1n) is 6.18. The van der Waals surface area contributed by atoms with Gasteiger partial charge in [0.2, 0.25) is 0 Å². The van der Waals surface area contributed by atoms with E-state index in [0.29, 0.717) is 5.30 Å². The third-order valence-electron chi connectivity index (χ3n) is 2.84. The van der Waals surface area contributed by atoms with Crippen LogP contribution in [0.1, 0.15) is 16.7 Å². The average molecular weight is 424 g/mol. The molecule has 0 amide bonds. The van der Waals surface area contributed by atoms with Gasteiger partial charge >= 0.3 is 37.9 Å². The van der Waals surface area contributed by atoms with Crippen LogP contribution in [0.5, 0.6) is 5.75 Å². The van der Waals surface area contributed by atoms with E-state index in [1.807, 2.05) is 39.0 Å². The molecule has 0 saturated carbocycles. The molecule has 0 saturated heterocycles. The third-order valence-corrected chi connectivity index (χ3v) is 4.16. The normalized spacial score (nSPS) is 10.4. The van der Waals surface area contributed by atoms with Gasteiger partial charge in [0, 0.05) is 10.6 Å². The summed E-state index contributed by atoms with van der Waals surface area (Å²) < 4.78 is 13.8. The molecule has 1 nitrogen and oxygen atoms in total. The summed E-state index contributed by atoms with van der Waals surface area (Å²) in [5, 5.41) is 11.5. The fourth-order valence-electron chi connectivity index (χ4n) is 1.92. The van der Waals surface area contributed by atoms with Crippen molar-refractivity contribution in [3.05, 3.63) is 52.8 Å². The van der Waals surface area contributed by atoms with Gasteiger partial charge in [-0.1, -0.05) is 26.8 Å². The van der Waals surface area contributed by atoms with Gasteiger partial charge in [-0.2, -0.15) is 0 Å². The molecule has 0 radical (unpaired) electrons. The number of aromatic hydroxyl groups is 1. The molecule has 1 N–H and O–H groups in total. The predicted molar refractivity (Wildman–Crippen MR) is 88.0 cm³/mol. The minimum absolute atomic E-state index is 0.139. The minimum atomic E-state index is -0.826. The van der Waals surface area contributed by atoms with Crippen LogP contribution in [0.25, 0.3) is 0 Å². The Morgan fingerprint density at radius 3 is 2.19 bits per heavy atom. The molecular weight excluding hydrogens is 408 g/mol. The maximum absolute atomic E-state index is 13.8. The van der Waals surface area contributed by atoms with Crippen molar-refractivity contribution in [2.45, 2.75) is 20.8 Å². The van der Waals surface area contributed by atoms with Gasteiger partial charge < -0.3 is 5.11 Å². The van der Waals surface area contributed by atoms with Gasteiger partial charge in [-0.15, -0.1) is 0 Å². The van der Waals surface area contributed by atoms with Crippen LogP contribution in [0.3, 0.4) is 0 Å². The molecule has 0 aliphatic carbocycles. The van der Waals surface area contributed by atoms with E-state index in [1.54, 1.807) is 6.07 Å². The van der Waals surface area contributed by atoms with Crippen LogP contribution in [0.15, 0.2) is 30.3 Å². The van der Waals surface area contributed by atoms with Crippen molar-refractivity contribution < 1.29 is 30.3 Å². The maximum atomic E-state index is 13.8. The first-order valence-corrected chi connectivity index (χ1v) is 13.5. The number of rotatable bonds is 2. The van der Waals surface area contributed by atoms with E-state index < -0.39 is 20.8 Å². The molecule has 2 aromatic rings. The number of aryl methyl sites for hydroxylation is 3. The quantitative estimate of drug-likeness (QED) is 0.706. The van der Waals surface area contributed by atoms with Gasteiger partial charge in [0.05, 0.1) is 0 Å². The number of hydrogen-bond acceptors (Lipinski definition) is 1. The molecule has 1 unspecified atom stereocenters. The van der Waals surface area contributed by atoms with Crippen LogP contribution in [-0.4, -0.2) is 5.11 Å². The Kier molecular flexibility index (Phi) is 8.42. The summed E-state index contributed by atoms with van der Waals surface area (Å²) in [6, 6.07) is 9.06. The predicted octanol–water partition coefficient (Wildman–Crippen LogP) is 4.46. The van der Waals surface area contributed by atoms with Gasteiger partial charge in [0.15, 0.2) is 0 Å². The molecule has 0 aliphatic heterocycles. The first kappa shape index (κ1) is 19.1. The molecule has 0 aromatic heterocycles. The standard InChI is InChI=1S/C15H16FOP.2ClH.Zr/c1-9-4-5-13(12(16)7-9)18-14-8-10(2)6-11(3)15(14)17;;;/h4-8,17-18H,1-3H3;2*1H;/q;;;+2/p-2. The number of benzene rings is 2. The second-order valence-corrected chi connectivity index (χ2v) is 9.72. The SMILES string of the molecule is Cc1ccc(Pc2cc(C)cc(C)c2O)c(F)c1.[Cl][Zr][Cl]. The molecule has 112 valence electrons. The van der Waals surface area contributed by atoms with Crippen LogP contribution in [0.2, 0.25) is 0 Å². The van der Waals surface area contributed by atoms with Crippen molar-refractivity contribution in [3.63, 3.8) is 0 Å². The van der Waals surface area contributed by atoms with Crippen molar-refractivity contribution in [1.29, 1.82) is 0 Å². The molecule has 0 heterocycles. The Labute approximate surface area is 145 Å². The fraction of sp³-hybridized carbons (Fsp3) is 0.200. The van der Waals surface area contributed by atoms with Crippen molar-refractivity contribution in [2.75, 3.05) is 0 Å². The Balaban J connectivity index is 0.000000677. The summed E-state index contributed by atoms with van der Waals surface area (Å²) in [5.41, 5.74) is 2.83. The zero-order chi connectivity index (χ0) is 16.0. The number of halogens is 3. The Bertz CT molecular complexity index is 623. The van der Waals surface area contributed by atoms with E-state index in [2.05, 4.69) is 0 Å².